The maximum atomic E-state index is 12.8. The van der Waals surface area contributed by atoms with Gasteiger partial charge >= 0.3 is 0 Å². The van der Waals surface area contributed by atoms with E-state index >= 15 is 0 Å². The van der Waals surface area contributed by atoms with Gasteiger partial charge in [0, 0.05) is 25.1 Å². The Kier molecular flexibility index (Phi) is 4.41. The highest BCUT2D eigenvalue weighted by Gasteiger charge is 2.51. The fourth-order valence-electron chi connectivity index (χ4n) is 3.56. The topological polar surface area (TPSA) is 86.7 Å². The van der Waals surface area contributed by atoms with E-state index in [0.717, 1.165) is 5.56 Å². The van der Waals surface area contributed by atoms with Crippen molar-refractivity contribution in [2.45, 2.75) is 45.1 Å². The predicted molar refractivity (Wildman–Crippen MR) is 91.8 cm³/mol. The highest BCUT2D eigenvalue weighted by molar-refractivity contribution is 6.06. The number of carbonyl (C=O) groups is 3. The van der Waals surface area contributed by atoms with Gasteiger partial charge in [0.15, 0.2) is 0 Å². The maximum Gasteiger partial charge on any atom is 0.253 e. The van der Waals surface area contributed by atoms with E-state index < -0.39 is 11.0 Å². The molecule has 25 heavy (non-hydrogen) atoms. The van der Waals surface area contributed by atoms with Crippen LogP contribution in [0.5, 0.6) is 0 Å². The van der Waals surface area contributed by atoms with Crippen molar-refractivity contribution in [2.24, 2.45) is 5.41 Å². The zero-order chi connectivity index (χ0) is 18.2. The first-order chi connectivity index (χ1) is 11.7. The predicted octanol–water partition coefficient (Wildman–Crippen LogP) is 1.27. The van der Waals surface area contributed by atoms with E-state index in [4.69, 9.17) is 0 Å². The molecular formula is C19H24N2O4. The number of rotatable bonds is 4. The fraction of sp³-hybridized carbons (Fsp3) is 0.526. The second kappa shape index (κ2) is 6.26. The minimum Gasteiger partial charge on any atom is -0.390 e. The zero-order valence-corrected chi connectivity index (χ0v) is 14.7. The molecule has 2 saturated heterocycles. The van der Waals surface area contributed by atoms with Crippen LogP contribution >= 0.6 is 0 Å². The highest BCUT2D eigenvalue weighted by atomic mass is 16.3. The molecule has 0 saturated carbocycles. The molecule has 2 aliphatic rings. The second-order valence-electron chi connectivity index (χ2n) is 7.82. The van der Waals surface area contributed by atoms with Crippen LogP contribution in [0.3, 0.4) is 0 Å². The van der Waals surface area contributed by atoms with E-state index in [1.165, 1.54) is 0 Å². The van der Waals surface area contributed by atoms with Crippen molar-refractivity contribution in [3.63, 3.8) is 0 Å². The third-order valence-corrected chi connectivity index (χ3v) is 5.07. The van der Waals surface area contributed by atoms with Crippen LogP contribution in [0.4, 0.5) is 0 Å². The molecule has 3 amide bonds. The van der Waals surface area contributed by atoms with Crippen molar-refractivity contribution in [1.82, 2.24) is 10.2 Å². The van der Waals surface area contributed by atoms with Crippen LogP contribution in [0, 0.1) is 5.41 Å². The summed E-state index contributed by atoms with van der Waals surface area (Å²) >= 11 is 0. The summed E-state index contributed by atoms with van der Waals surface area (Å²) in [6.07, 6.45) is 1.99. The molecule has 1 atom stereocenters. The Morgan fingerprint density at radius 1 is 1.36 bits per heavy atom. The van der Waals surface area contributed by atoms with Crippen molar-refractivity contribution in [1.29, 1.82) is 0 Å². The molecule has 0 unspecified atom stereocenters. The minimum absolute atomic E-state index is 0.117. The molecule has 134 valence electrons. The van der Waals surface area contributed by atoms with E-state index in [9.17, 15) is 19.5 Å². The van der Waals surface area contributed by atoms with Gasteiger partial charge in [0.05, 0.1) is 11.0 Å². The van der Waals surface area contributed by atoms with E-state index in [-0.39, 0.29) is 30.7 Å². The van der Waals surface area contributed by atoms with Crippen molar-refractivity contribution >= 4 is 17.7 Å². The number of hydrogen-bond acceptors (Lipinski definition) is 4. The monoisotopic (exact) mass is 344 g/mol. The molecule has 1 aromatic rings. The van der Waals surface area contributed by atoms with Gasteiger partial charge in [-0.3, -0.25) is 19.7 Å². The largest absolute Gasteiger partial charge is 0.390 e. The Bertz CT molecular complexity index is 722. The molecule has 6 heteroatoms. The summed E-state index contributed by atoms with van der Waals surface area (Å²) < 4.78 is 0. The van der Waals surface area contributed by atoms with Gasteiger partial charge in [-0.15, -0.1) is 0 Å². The summed E-state index contributed by atoms with van der Waals surface area (Å²) in [6, 6.07) is 7.39. The Morgan fingerprint density at radius 3 is 2.76 bits per heavy atom. The van der Waals surface area contributed by atoms with Crippen LogP contribution in [0.25, 0.3) is 0 Å². The maximum absolute atomic E-state index is 12.8. The Balaban J connectivity index is 1.70. The minimum atomic E-state index is -0.746. The summed E-state index contributed by atoms with van der Waals surface area (Å²) in [7, 11) is 0. The lowest BCUT2D eigenvalue weighted by Gasteiger charge is -2.21. The smallest absolute Gasteiger partial charge is 0.253 e. The lowest BCUT2D eigenvalue weighted by atomic mass is 9.85. The number of carbonyl (C=O) groups excluding carboxylic acids is 3. The first-order valence-corrected chi connectivity index (χ1v) is 8.63. The van der Waals surface area contributed by atoms with Crippen molar-refractivity contribution in [2.75, 3.05) is 13.1 Å². The number of likely N-dealkylation sites (tertiary alicyclic amines) is 1. The number of nitrogens with one attached hydrogen (secondary N) is 1. The van der Waals surface area contributed by atoms with E-state index in [1.807, 2.05) is 18.2 Å². The molecule has 6 nitrogen and oxygen atoms in total. The quantitative estimate of drug-likeness (QED) is 0.806. The molecule has 2 aliphatic heterocycles. The van der Waals surface area contributed by atoms with Gasteiger partial charge in [0.25, 0.3) is 5.91 Å². The van der Waals surface area contributed by atoms with Crippen LogP contribution in [0.15, 0.2) is 24.3 Å². The van der Waals surface area contributed by atoms with E-state index in [2.05, 4.69) is 5.32 Å². The second-order valence-corrected chi connectivity index (χ2v) is 7.82. The number of hydrogen-bond donors (Lipinski definition) is 2. The highest BCUT2D eigenvalue weighted by Crippen LogP contribution is 2.38. The van der Waals surface area contributed by atoms with Gasteiger partial charge < -0.3 is 10.0 Å². The van der Waals surface area contributed by atoms with Crippen LogP contribution in [-0.4, -0.2) is 46.4 Å². The average Bonchev–Trinajstić information content (AvgIpc) is 3.08. The van der Waals surface area contributed by atoms with Gasteiger partial charge in [-0.2, -0.15) is 0 Å². The molecular weight excluding hydrogens is 320 g/mol. The third kappa shape index (κ3) is 3.74. The van der Waals surface area contributed by atoms with E-state index in [1.54, 1.807) is 24.8 Å². The molecule has 2 fully saturated rings. The van der Waals surface area contributed by atoms with Crippen molar-refractivity contribution in [3.8, 4) is 0 Å². The molecule has 1 aromatic carbocycles. The first kappa shape index (κ1) is 17.6. The number of amides is 3. The Labute approximate surface area is 147 Å². The van der Waals surface area contributed by atoms with Crippen molar-refractivity contribution < 1.29 is 19.5 Å². The van der Waals surface area contributed by atoms with Gasteiger partial charge in [0.2, 0.25) is 11.8 Å². The van der Waals surface area contributed by atoms with Crippen LogP contribution in [-0.2, 0) is 16.0 Å². The zero-order valence-electron chi connectivity index (χ0n) is 14.7. The Morgan fingerprint density at radius 2 is 2.12 bits per heavy atom. The fourth-order valence-corrected chi connectivity index (χ4v) is 3.56. The molecule has 2 heterocycles. The SMILES string of the molecule is CC(C)(O)CCc1cccc(C(=O)N2CC[C@@]3(CC(=O)NC3=O)C2)c1. The number of imide groups is 1. The average molecular weight is 344 g/mol. The number of aryl methyl sites for hydroxylation is 1. The van der Waals surface area contributed by atoms with E-state index in [0.29, 0.717) is 31.4 Å². The molecule has 0 aromatic heterocycles. The summed E-state index contributed by atoms with van der Waals surface area (Å²) in [5.74, 6) is -0.631. The normalized spacial score (nSPS) is 23.4. The van der Waals surface area contributed by atoms with Gasteiger partial charge in [0.1, 0.15) is 0 Å². The van der Waals surface area contributed by atoms with Gasteiger partial charge in [-0.05, 0) is 50.8 Å². The van der Waals surface area contributed by atoms with Crippen LogP contribution in [0.2, 0.25) is 0 Å². The van der Waals surface area contributed by atoms with Crippen LogP contribution in [0.1, 0.15) is 49.0 Å². The number of nitrogens with zero attached hydrogens (tertiary/aromatic N) is 1. The molecule has 0 bridgehead atoms. The lowest BCUT2D eigenvalue weighted by Crippen LogP contribution is -2.36. The van der Waals surface area contributed by atoms with Crippen molar-refractivity contribution in [3.05, 3.63) is 35.4 Å². The Hall–Kier alpha value is -2.21. The number of aliphatic hydroxyl groups is 1. The molecule has 1 spiro atoms. The molecule has 0 radical (unpaired) electrons. The first-order valence-electron chi connectivity index (χ1n) is 8.63. The summed E-state index contributed by atoms with van der Waals surface area (Å²) in [5.41, 5.74) is 0.0836. The standard InChI is InChI=1S/C19H24N2O4/c1-18(2,25)7-6-13-4-3-5-14(10-13)16(23)21-9-8-19(12-21)11-15(22)20-17(19)24/h3-5,10,25H,6-9,11-12H2,1-2H3,(H,20,22,24)/t19-/m1/s1. The lowest BCUT2D eigenvalue weighted by molar-refractivity contribution is -0.128. The summed E-state index contributed by atoms with van der Waals surface area (Å²) in [5, 5.41) is 12.2. The van der Waals surface area contributed by atoms with Crippen LogP contribution < -0.4 is 5.32 Å². The molecule has 3 rings (SSSR count). The summed E-state index contributed by atoms with van der Waals surface area (Å²) in [6.45, 7) is 4.30. The number of benzene rings is 1. The van der Waals surface area contributed by atoms with Gasteiger partial charge in [-0.25, -0.2) is 0 Å². The molecule has 0 aliphatic carbocycles. The van der Waals surface area contributed by atoms with Gasteiger partial charge in [-0.1, -0.05) is 12.1 Å². The molecule has 2 N–H and O–H groups in total. The third-order valence-electron chi connectivity index (χ3n) is 5.07. The summed E-state index contributed by atoms with van der Waals surface area (Å²) in [4.78, 5) is 38.0.